The second-order valence-corrected chi connectivity index (χ2v) is 5.59. The average molecular weight is 365 g/mol. The van der Waals surface area contributed by atoms with Gasteiger partial charge in [-0.15, -0.1) is 0 Å². The summed E-state index contributed by atoms with van der Waals surface area (Å²) in [5.41, 5.74) is 2.54. The SMILES string of the molecule is COCc1nc(-c2ccc3ncccc3c2)nc(Cl)c1Br. The van der Waals surface area contributed by atoms with E-state index in [0.717, 1.165) is 22.2 Å². The van der Waals surface area contributed by atoms with Crippen LogP contribution >= 0.6 is 27.5 Å². The van der Waals surface area contributed by atoms with Gasteiger partial charge in [0.2, 0.25) is 0 Å². The van der Waals surface area contributed by atoms with Crippen LogP contribution in [0.4, 0.5) is 0 Å². The fourth-order valence-corrected chi connectivity index (χ4v) is 2.52. The minimum Gasteiger partial charge on any atom is -0.378 e. The van der Waals surface area contributed by atoms with Crippen LogP contribution in [-0.2, 0) is 11.3 Å². The van der Waals surface area contributed by atoms with E-state index in [0.29, 0.717) is 22.1 Å². The van der Waals surface area contributed by atoms with E-state index in [1.807, 2.05) is 30.3 Å². The maximum atomic E-state index is 6.16. The predicted octanol–water partition coefficient (Wildman–Crippen LogP) is 4.25. The molecular weight excluding hydrogens is 354 g/mol. The van der Waals surface area contributed by atoms with Gasteiger partial charge in [0, 0.05) is 24.3 Å². The first-order valence-electron chi connectivity index (χ1n) is 6.25. The molecule has 0 bridgehead atoms. The van der Waals surface area contributed by atoms with Crippen LogP contribution in [-0.4, -0.2) is 22.1 Å². The minimum atomic E-state index is 0.366. The number of aromatic nitrogens is 3. The molecule has 0 radical (unpaired) electrons. The van der Waals surface area contributed by atoms with Crippen LogP contribution in [0.5, 0.6) is 0 Å². The van der Waals surface area contributed by atoms with E-state index in [1.165, 1.54) is 0 Å². The van der Waals surface area contributed by atoms with Crippen molar-refractivity contribution in [3.8, 4) is 11.4 Å². The van der Waals surface area contributed by atoms with Gasteiger partial charge in [0.25, 0.3) is 0 Å². The normalized spacial score (nSPS) is 11.0. The first kappa shape index (κ1) is 14.4. The van der Waals surface area contributed by atoms with Crippen molar-refractivity contribution in [2.75, 3.05) is 7.11 Å². The number of methoxy groups -OCH3 is 1. The molecule has 0 amide bonds. The van der Waals surface area contributed by atoms with E-state index in [2.05, 4.69) is 30.9 Å². The largest absolute Gasteiger partial charge is 0.378 e. The molecule has 0 aliphatic heterocycles. The van der Waals surface area contributed by atoms with Gasteiger partial charge in [-0.3, -0.25) is 4.98 Å². The fourth-order valence-electron chi connectivity index (χ4n) is 2.04. The highest BCUT2D eigenvalue weighted by Crippen LogP contribution is 2.28. The molecule has 3 aromatic rings. The molecule has 3 rings (SSSR count). The Morgan fingerprint density at radius 1 is 1.24 bits per heavy atom. The number of pyridine rings is 1. The van der Waals surface area contributed by atoms with Crippen molar-refractivity contribution < 1.29 is 4.74 Å². The third-order valence-electron chi connectivity index (χ3n) is 3.02. The lowest BCUT2D eigenvalue weighted by molar-refractivity contribution is 0.181. The Kier molecular flexibility index (Phi) is 4.14. The molecule has 1 aromatic carbocycles. The number of nitrogens with zero attached hydrogens (tertiary/aromatic N) is 3. The van der Waals surface area contributed by atoms with Crippen molar-refractivity contribution in [3.05, 3.63) is 51.8 Å². The van der Waals surface area contributed by atoms with E-state index in [9.17, 15) is 0 Å². The lowest BCUT2D eigenvalue weighted by Crippen LogP contribution is -2.00. The van der Waals surface area contributed by atoms with Gasteiger partial charge in [0.15, 0.2) is 5.82 Å². The third-order valence-corrected chi connectivity index (χ3v) is 4.36. The fraction of sp³-hybridized carbons (Fsp3) is 0.133. The van der Waals surface area contributed by atoms with Gasteiger partial charge in [0.05, 0.1) is 22.3 Å². The number of ether oxygens (including phenoxy) is 1. The molecule has 0 atom stereocenters. The summed E-state index contributed by atoms with van der Waals surface area (Å²) in [5.74, 6) is 0.570. The van der Waals surface area contributed by atoms with Gasteiger partial charge in [-0.1, -0.05) is 17.7 Å². The Labute approximate surface area is 135 Å². The van der Waals surface area contributed by atoms with E-state index >= 15 is 0 Å². The summed E-state index contributed by atoms with van der Waals surface area (Å²) in [6, 6.07) is 9.78. The lowest BCUT2D eigenvalue weighted by Gasteiger charge is -2.08. The molecule has 4 nitrogen and oxygen atoms in total. The maximum Gasteiger partial charge on any atom is 0.161 e. The zero-order valence-corrected chi connectivity index (χ0v) is 13.5. The monoisotopic (exact) mass is 363 g/mol. The Morgan fingerprint density at radius 3 is 2.90 bits per heavy atom. The van der Waals surface area contributed by atoms with Crippen molar-refractivity contribution in [2.45, 2.75) is 6.61 Å². The summed E-state index contributed by atoms with van der Waals surface area (Å²) < 4.78 is 5.80. The Morgan fingerprint density at radius 2 is 2.10 bits per heavy atom. The van der Waals surface area contributed by atoms with Crippen LogP contribution in [0.25, 0.3) is 22.3 Å². The summed E-state index contributed by atoms with van der Waals surface area (Å²) in [7, 11) is 1.61. The minimum absolute atomic E-state index is 0.366. The van der Waals surface area contributed by atoms with Gasteiger partial charge in [0.1, 0.15) is 5.15 Å². The number of rotatable bonds is 3. The topological polar surface area (TPSA) is 47.9 Å². The Hall–Kier alpha value is -1.56. The van der Waals surface area contributed by atoms with Crippen LogP contribution in [0, 0.1) is 0 Å². The quantitative estimate of drug-likeness (QED) is 0.652. The number of hydrogen-bond acceptors (Lipinski definition) is 4. The van der Waals surface area contributed by atoms with Crippen molar-refractivity contribution in [2.24, 2.45) is 0 Å². The lowest BCUT2D eigenvalue weighted by atomic mass is 10.1. The van der Waals surface area contributed by atoms with Crippen molar-refractivity contribution in [1.82, 2.24) is 15.0 Å². The highest BCUT2D eigenvalue weighted by atomic mass is 79.9. The highest BCUT2D eigenvalue weighted by molar-refractivity contribution is 9.10. The Bertz CT molecular complexity index is 810. The van der Waals surface area contributed by atoms with Crippen LogP contribution in [0.15, 0.2) is 41.0 Å². The predicted molar refractivity (Wildman–Crippen MR) is 86.2 cm³/mol. The van der Waals surface area contributed by atoms with Gasteiger partial charge in [-0.2, -0.15) is 0 Å². The second kappa shape index (κ2) is 6.05. The van der Waals surface area contributed by atoms with E-state index < -0.39 is 0 Å². The molecular formula is C15H11BrClN3O. The number of fused-ring (bicyclic) bond motifs is 1. The van der Waals surface area contributed by atoms with E-state index in [4.69, 9.17) is 16.3 Å². The number of halogens is 2. The second-order valence-electron chi connectivity index (χ2n) is 4.44. The van der Waals surface area contributed by atoms with Gasteiger partial charge in [-0.05, 0) is 40.2 Å². The van der Waals surface area contributed by atoms with Crippen LogP contribution in [0.3, 0.4) is 0 Å². The molecule has 0 spiro atoms. The molecule has 0 saturated carbocycles. The number of benzene rings is 1. The van der Waals surface area contributed by atoms with Crippen molar-refractivity contribution in [1.29, 1.82) is 0 Å². The average Bonchev–Trinajstić information content (AvgIpc) is 2.51. The molecule has 0 saturated heterocycles. The zero-order valence-electron chi connectivity index (χ0n) is 11.2. The molecule has 2 heterocycles. The van der Waals surface area contributed by atoms with E-state index in [1.54, 1.807) is 13.3 Å². The molecule has 0 aliphatic rings. The smallest absolute Gasteiger partial charge is 0.161 e. The summed E-state index contributed by atoms with van der Waals surface area (Å²) in [4.78, 5) is 13.1. The van der Waals surface area contributed by atoms with Crippen LogP contribution in [0.1, 0.15) is 5.69 Å². The summed E-state index contributed by atoms with van der Waals surface area (Å²) in [5, 5.41) is 1.41. The molecule has 2 aromatic heterocycles. The van der Waals surface area contributed by atoms with Crippen molar-refractivity contribution in [3.63, 3.8) is 0 Å². The highest BCUT2D eigenvalue weighted by Gasteiger charge is 2.12. The van der Waals surface area contributed by atoms with Gasteiger partial charge < -0.3 is 4.74 Å². The van der Waals surface area contributed by atoms with Crippen LogP contribution in [0.2, 0.25) is 5.15 Å². The standard InChI is InChI=1S/C15H11BrClN3O/c1-21-8-12-13(16)14(17)20-15(19-12)10-4-5-11-9(7-10)3-2-6-18-11/h2-7H,8H2,1H3. The molecule has 0 fully saturated rings. The molecule has 21 heavy (non-hydrogen) atoms. The molecule has 106 valence electrons. The molecule has 0 aliphatic carbocycles. The number of hydrogen-bond donors (Lipinski definition) is 0. The summed E-state index contributed by atoms with van der Waals surface area (Å²) >= 11 is 9.54. The van der Waals surface area contributed by atoms with E-state index in [-0.39, 0.29) is 0 Å². The van der Waals surface area contributed by atoms with Crippen LogP contribution < -0.4 is 0 Å². The Balaban J connectivity index is 2.13. The van der Waals surface area contributed by atoms with Crippen molar-refractivity contribution >= 4 is 38.4 Å². The zero-order chi connectivity index (χ0) is 14.8. The molecule has 0 N–H and O–H groups in total. The first-order chi connectivity index (χ1) is 10.2. The first-order valence-corrected chi connectivity index (χ1v) is 7.42. The third kappa shape index (κ3) is 2.90. The summed E-state index contributed by atoms with van der Waals surface area (Å²) in [6.45, 7) is 0.366. The molecule has 6 heteroatoms. The maximum absolute atomic E-state index is 6.16. The molecule has 0 unspecified atom stereocenters. The summed E-state index contributed by atoms with van der Waals surface area (Å²) in [6.07, 6.45) is 1.77. The van der Waals surface area contributed by atoms with Gasteiger partial charge in [-0.25, -0.2) is 9.97 Å². The van der Waals surface area contributed by atoms with Gasteiger partial charge >= 0.3 is 0 Å².